The van der Waals surface area contributed by atoms with Gasteiger partial charge in [0.25, 0.3) is 0 Å². The predicted molar refractivity (Wildman–Crippen MR) is 68.2 cm³/mol. The average molecular weight is 280 g/mol. The van der Waals surface area contributed by atoms with E-state index in [0.717, 1.165) is 25.1 Å². The molecule has 0 bridgehead atoms. The fraction of sp³-hybridized carbons (Fsp3) is 1.00. The summed E-state index contributed by atoms with van der Waals surface area (Å²) in [5, 5.41) is -0.0961. The Labute approximate surface area is 107 Å². The molecule has 0 saturated carbocycles. The summed E-state index contributed by atoms with van der Waals surface area (Å²) in [6.45, 7) is 0. The van der Waals surface area contributed by atoms with E-state index < -0.39 is 4.84 Å². The maximum atomic E-state index is 5.90. The lowest BCUT2D eigenvalue weighted by atomic mass is 10.1. The van der Waals surface area contributed by atoms with Crippen molar-refractivity contribution in [3.05, 3.63) is 0 Å². The Balaban J connectivity index is 3.06. The molecule has 0 fully saturated rings. The minimum Gasteiger partial charge on any atom is -0.127 e. The number of hydrogen-bond acceptors (Lipinski definition) is 0. The van der Waals surface area contributed by atoms with Gasteiger partial charge in [-0.15, -0.1) is 46.4 Å². The van der Waals surface area contributed by atoms with Crippen molar-refractivity contribution in [2.24, 2.45) is 0 Å². The van der Waals surface area contributed by atoms with E-state index in [4.69, 9.17) is 46.4 Å². The summed E-state index contributed by atoms with van der Waals surface area (Å²) in [6, 6.07) is 0. The van der Waals surface area contributed by atoms with Crippen LogP contribution >= 0.6 is 46.4 Å². The standard InChI is InChI=1S/C10H18Cl4/c11-8-6-4-2-1-3-5-7-9(12)10(13)14/h9-10H,1-8H2. The van der Waals surface area contributed by atoms with Crippen LogP contribution in [-0.4, -0.2) is 16.1 Å². The molecule has 0 aromatic carbocycles. The van der Waals surface area contributed by atoms with Crippen LogP contribution in [0.1, 0.15) is 44.9 Å². The second kappa shape index (κ2) is 10.7. The van der Waals surface area contributed by atoms with Gasteiger partial charge in [0.1, 0.15) is 4.84 Å². The summed E-state index contributed by atoms with van der Waals surface area (Å²) in [4.78, 5) is -0.437. The van der Waals surface area contributed by atoms with Crippen LogP contribution in [0.2, 0.25) is 0 Å². The zero-order chi connectivity index (χ0) is 10.8. The first-order valence-electron chi connectivity index (χ1n) is 5.16. The molecule has 0 aromatic rings. The summed E-state index contributed by atoms with van der Waals surface area (Å²) >= 11 is 22.7. The van der Waals surface area contributed by atoms with Gasteiger partial charge in [0.15, 0.2) is 0 Å². The molecule has 0 aliphatic heterocycles. The molecule has 0 amide bonds. The van der Waals surface area contributed by atoms with Crippen LogP contribution in [-0.2, 0) is 0 Å². The van der Waals surface area contributed by atoms with E-state index >= 15 is 0 Å². The van der Waals surface area contributed by atoms with Crippen LogP contribution in [0.25, 0.3) is 0 Å². The van der Waals surface area contributed by atoms with Crippen molar-refractivity contribution in [1.29, 1.82) is 0 Å². The Morgan fingerprint density at radius 1 is 0.714 bits per heavy atom. The molecule has 0 nitrogen and oxygen atoms in total. The summed E-state index contributed by atoms with van der Waals surface area (Å²) in [7, 11) is 0. The third-order valence-corrected chi connectivity index (χ3v) is 3.74. The quantitative estimate of drug-likeness (QED) is 0.393. The molecule has 1 unspecified atom stereocenters. The zero-order valence-electron chi connectivity index (χ0n) is 8.32. The van der Waals surface area contributed by atoms with Gasteiger partial charge in [-0.25, -0.2) is 0 Å². The molecule has 0 spiro atoms. The molecule has 0 radical (unpaired) electrons. The Kier molecular flexibility index (Phi) is 11.6. The number of unbranched alkanes of at least 4 members (excludes halogenated alkanes) is 5. The van der Waals surface area contributed by atoms with E-state index in [1.807, 2.05) is 0 Å². The topological polar surface area (TPSA) is 0 Å². The van der Waals surface area contributed by atoms with Gasteiger partial charge in [0.05, 0.1) is 5.38 Å². The van der Waals surface area contributed by atoms with Gasteiger partial charge in [-0.05, 0) is 12.8 Å². The van der Waals surface area contributed by atoms with Gasteiger partial charge >= 0.3 is 0 Å². The van der Waals surface area contributed by atoms with Crippen molar-refractivity contribution >= 4 is 46.4 Å². The fourth-order valence-corrected chi connectivity index (χ4v) is 1.86. The highest BCUT2D eigenvalue weighted by molar-refractivity contribution is 6.48. The summed E-state index contributed by atoms with van der Waals surface area (Å²) < 4.78 is 0. The highest BCUT2D eigenvalue weighted by Gasteiger charge is 2.12. The molecule has 0 N–H and O–H groups in total. The molecule has 0 aromatic heterocycles. The molecule has 86 valence electrons. The molecule has 0 rings (SSSR count). The Morgan fingerprint density at radius 2 is 1.21 bits per heavy atom. The van der Waals surface area contributed by atoms with Crippen molar-refractivity contribution in [3.8, 4) is 0 Å². The maximum absolute atomic E-state index is 5.90. The number of halogens is 4. The largest absolute Gasteiger partial charge is 0.127 e. The Bertz CT molecular complexity index is 117. The van der Waals surface area contributed by atoms with Gasteiger partial charge in [-0.2, -0.15) is 0 Å². The molecule has 0 saturated heterocycles. The third-order valence-electron chi connectivity index (χ3n) is 2.14. The zero-order valence-corrected chi connectivity index (χ0v) is 11.3. The Morgan fingerprint density at radius 3 is 1.71 bits per heavy atom. The van der Waals surface area contributed by atoms with Crippen molar-refractivity contribution in [2.75, 3.05) is 5.88 Å². The highest BCUT2D eigenvalue weighted by Crippen LogP contribution is 2.20. The predicted octanol–water partition coefficient (Wildman–Crippen LogP) is 5.37. The lowest BCUT2D eigenvalue weighted by Gasteiger charge is -2.09. The summed E-state index contributed by atoms with van der Waals surface area (Å²) in [5.74, 6) is 0.782. The van der Waals surface area contributed by atoms with Gasteiger partial charge in [-0.3, -0.25) is 0 Å². The monoisotopic (exact) mass is 278 g/mol. The van der Waals surface area contributed by atoms with Gasteiger partial charge in [0.2, 0.25) is 0 Å². The molecule has 14 heavy (non-hydrogen) atoms. The molecule has 1 atom stereocenters. The van der Waals surface area contributed by atoms with Crippen LogP contribution in [0, 0.1) is 0 Å². The molecule has 0 aliphatic rings. The number of hydrogen-bond donors (Lipinski definition) is 0. The summed E-state index contributed by atoms with van der Waals surface area (Å²) in [6.07, 6.45) is 8.14. The maximum Gasteiger partial charge on any atom is 0.124 e. The van der Waals surface area contributed by atoms with Crippen LogP contribution in [0.4, 0.5) is 0 Å². The van der Waals surface area contributed by atoms with Gasteiger partial charge < -0.3 is 0 Å². The summed E-state index contributed by atoms with van der Waals surface area (Å²) in [5.41, 5.74) is 0. The molecule has 0 aliphatic carbocycles. The average Bonchev–Trinajstić information content (AvgIpc) is 2.16. The van der Waals surface area contributed by atoms with Crippen LogP contribution in [0.5, 0.6) is 0 Å². The van der Waals surface area contributed by atoms with Gasteiger partial charge in [-0.1, -0.05) is 32.1 Å². The van der Waals surface area contributed by atoms with Crippen LogP contribution in [0.15, 0.2) is 0 Å². The molecular weight excluding hydrogens is 262 g/mol. The van der Waals surface area contributed by atoms with E-state index in [1.54, 1.807) is 0 Å². The van der Waals surface area contributed by atoms with Gasteiger partial charge in [0, 0.05) is 5.88 Å². The normalized spacial score (nSPS) is 13.5. The minimum atomic E-state index is -0.437. The number of rotatable bonds is 9. The van der Waals surface area contributed by atoms with Crippen molar-refractivity contribution < 1.29 is 0 Å². The lowest BCUT2D eigenvalue weighted by molar-refractivity contribution is 0.585. The van der Waals surface area contributed by atoms with Crippen molar-refractivity contribution in [3.63, 3.8) is 0 Å². The third kappa shape index (κ3) is 9.71. The van der Waals surface area contributed by atoms with E-state index in [1.165, 1.54) is 25.7 Å². The second-order valence-electron chi connectivity index (χ2n) is 3.45. The van der Waals surface area contributed by atoms with E-state index in [-0.39, 0.29) is 5.38 Å². The smallest absolute Gasteiger partial charge is 0.124 e. The number of alkyl halides is 4. The van der Waals surface area contributed by atoms with E-state index in [2.05, 4.69) is 0 Å². The molecular formula is C10H18Cl4. The first-order valence-corrected chi connectivity index (χ1v) is 7.01. The first kappa shape index (κ1) is 15.2. The van der Waals surface area contributed by atoms with E-state index in [9.17, 15) is 0 Å². The first-order chi connectivity index (χ1) is 6.68. The van der Waals surface area contributed by atoms with Crippen molar-refractivity contribution in [2.45, 2.75) is 55.2 Å². The van der Waals surface area contributed by atoms with Crippen LogP contribution < -0.4 is 0 Å². The molecule has 0 heterocycles. The second-order valence-corrected chi connectivity index (χ2v) is 5.55. The Hall–Kier alpha value is 1.16. The van der Waals surface area contributed by atoms with E-state index in [0.29, 0.717) is 0 Å². The fourth-order valence-electron chi connectivity index (χ4n) is 1.27. The SMILES string of the molecule is ClCCCCCCCCC(Cl)C(Cl)Cl. The molecule has 4 heteroatoms. The van der Waals surface area contributed by atoms with Crippen molar-refractivity contribution in [1.82, 2.24) is 0 Å². The lowest BCUT2D eigenvalue weighted by Crippen LogP contribution is -2.07. The highest BCUT2D eigenvalue weighted by atomic mass is 35.5. The van der Waals surface area contributed by atoms with Crippen LogP contribution in [0.3, 0.4) is 0 Å². The minimum absolute atomic E-state index is 0.0961.